The molecule has 1 N–H and O–H groups in total. The standard InChI is InChI=1S/C11H21NOS/c13-7-6-12(10-2-1-3-10)8-11(9-14)4-5-11/h10,13-14H,1-9H2. The highest BCUT2D eigenvalue weighted by atomic mass is 32.1. The third-order valence-corrected chi connectivity index (χ3v) is 4.48. The van der Waals surface area contributed by atoms with E-state index in [1.165, 1.54) is 38.6 Å². The Morgan fingerprint density at radius 1 is 1.36 bits per heavy atom. The predicted octanol–water partition coefficient (Wildman–Crippen LogP) is 1.54. The van der Waals surface area contributed by atoms with Crippen molar-refractivity contribution in [1.82, 2.24) is 4.90 Å². The Labute approximate surface area is 92.1 Å². The zero-order valence-corrected chi connectivity index (χ0v) is 9.68. The lowest BCUT2D eigenvalue weighted by molar-refractivity contribution is 0.0842. The van der Waals surface area contributed by atoms with E-state index >= 15 is 0 Å². The zero-order valence-electron chi connectivity index (χ0n) is 8.78. The summed E-state index contributed by atoms with van der Waals surface area (Å²) in [6.07, 6.45) is 6.72. The van der Waals surface area contributed by atoms with Crippen molar-refractivity contribution in [3.63, 3.8) is 0 Å². The van der Waals surface area contributed by atoms with E-state index in [1.54, 1.807) is 0 Å². The molecule has 2 aliphatic carbocycles. The average Bonchev–Trinajstić information content (AvgIpc) is 2.83. The van der Waals surface area contributed by atoms with E-state index in [-0.39, 0.29) is 0 Å². The fourth-order valence-electron chi connectivity index (χ4n) is 2.24. The van der Waals surface area contributed by atoms with Crippen LogP contribution < -0.4 is 0 Å². The summed E-state index contributed by atoms with van der Waals surface area (Å²) in [6.45, 7) is 2.33. The number of hydrogen-bond donors (Lipinski definition) is 2. The highest BCUT2D eigenvalue weighted by Crippen LogP contribution is 2.47. The smallest absolute Gasteiger partial charge is 0.0558 e. The van der Waals surface area contributed by atoms with Gasteiger partial charge >= 0.3 is 0 Å². The molecule has 3 heteroatoms. The third kappa shape index (κ3) is 2.26. The summed E-state index contributed by atoms with van der Waals surface area (Å²) in [5, 5.41) is 9.03. The maximum Gasteiger partial charge on any atom is 0.0558 e. The molecule has 2 fully saturated rings. The van der Waals surface area contributed by atoms with E-state index < -0.39 is 0 Å². The van der Waals surface area contributed by atoms with Crippen LogP contribution in [0.1, 0.15) is 32.1 Å². The number of rotatable bonds is 6. The SMILES string of the molecule is OCCN(CC1(CS)CC1)C1CCC1. The van der Waals surface area contributed by atoms with Crippen molar-refractivity contribution in [2.45, 2.75) is 38.1 Å². The minimum absolute atomic E-state index is 0.305. The first-order valence-electron chi connectivity index (χ1n) is 5.75. The molecule has 0 atom stereocenters. The maximum absolute atomic E-state index is 9.03. The average molecular weight is 215 g/mol. The first-order valence-corrected chi connectivity index (χ1v) is 6.39. The second kappa shape index (κ2) is 4.42. The Hall–Kier alpha value is 0.270. The molecule has 0 spiro atoms. The molecule has 0 aliphatic heterocycles. The van der Waals surface area contributed by atoms with Crippen LogP contribution in [-0.4, -0.2) is 41.5 Å². The van der Waals surface area contributed by atoms with Gasteiger partial charge in [-0.1, -0.05) is 6.42 Å². The molecular formula is C11H21NOS. The number of thiol groups is 1. The number of hydrogen-bond acceptors (Lipinski definition) is 3. The van der Waals surface area contributed by atoms with Gasteiger partial charge in [0.1, 0.15) is 0 Å². The van der Waals surface area contributed by atoms with Crippen molar-refractivity contribution < 1.29 is 5.11 Å². The largest absolute Gasteiger partial charge is 0.395 e. The second-order valence-electron chi connectivity index (χ2n) is 4.94. The van der Waals surface area contributed by atoms with Crippen molar-refractivity contribution in [2.24, 2.45) is 5.41 Å². The predicted molar refractivity (Wildman–Crippen MR) is 61.8 cm³/mol. The summed E-state index contributed by atoms with van der Waals surface area (Å²) in [5.74, 6) is 1.02. The van der Waals surface area contributed by atoms with Crippen molar-refractivity contribution in [3.8, 4) is 0 Å². The normalized spacial score (nSPS) is 25.1. The van der Waals surface area contributed by atoms with Gasteiger partial charge in [-0.25, -0.2) is 0 Å². The number of aliphatic hydroxyl groups is 1. The minimum Gasteiger partial charge on any atom is -0.395 e. The van der Waals surface area contributed by atoms with Crippen LogP contribution in [-0.2, 0) is 0 Å². The van der Waals surface area contributed by atoms with Gasteiger partial charge in [0.15, 0.2) is 0 Å². The summed E-state index contributed by atoms with van der Waals surface area (Å²) < 4.78 is 0. The van der Waals surface area contributed by atoms with Crippen molar-refractivity contribution >= 4 is 12.6 Å². The summed E-state index contributed by atoms with van der Waals surface area (Å²) in [6, 6.07) is 0.763. The number of nitrogens with zero attached hydrogens (tertiary/aromatic N) is 1. The van der Waals surface area contributed by atoms with E-state index in [0.717, 1.165) is 18.3 Å². The summed E-state index contributed by atoms with van der Waals surface area (Å²) >= 11 is 4.43. The molecule has 0 heterocycles. The van der Waals surface area contributed by atoms with Crippen LogP contribution in [0.5, 0.6) is 0 Å². The van der Waals surface area contributed by atoms with Gasteiger partial charge in [0.25, 0.3) is 0 Å². The number of aliphatic hydroxyl groups excluding tert-OH is 1. The Morgan fingerprint density at radius 2 is 2.07 bits per heavy atom. The first kappa shape index (κ1) is 10.8. The summed E-state index contributed by atoms with van der Waals surface area (Å²) in [5.41, 5.74) is 0.508. The fourth-order valence-corrected chi connectivity index (χ4v) is 2.66. The second-order valence-corrected chi connectivity index (χ2v) is 5.25. The molecule has 14 heavy (non-hydrogen) atoms. The fraction of sp³-hybridized carbons (Fsp3) is 1.00. The molecule has 82 valence electrons. The monoisotopic (exact) mass is 215 g/mol. The Kier molecular flexibility index (Phi) is 3.40. The minimum atomic E-state index is 0.305. The molecule has 0 amide bonds. The third-order valence-electron chi connectivity index (χ3n) is 3.81. The highest BCUT2D eigenvalue weighted by molar-refractivity contribution is 7.80. The van der Waals surface area contributed by atoms with Crippen LogP contribution in [0.15, 0.2) is 0 Å². The van der Waals surface area contributed by atoms with Crippen LogP contribution in [0.3, 0.4) is 0 Å². The van der Waals surface area contributed by atoms with Crippen molar-refractivity contribution in [1.29, 1.82) is 0 Å². The lowest BCUT2D eigenvalue weighted by Gasteiger charge is -2.39. The molecule has 0 saturated heterocycles. The van der Waals surface area contributed by atoms with E-state index in [0.29, 0.717) is 12.0 Å². The van der Waals surface area contributed by atoms with Gasteiger partial charge in [0, 0.05) is 19.1 Å². The lowest BCUT2D eigenvalue weighted by atomic mass is 9.90. The van der Waals surface area contributed by atoms with Gasteiger partial charge in [-0.15, -0.1) is 0 Å². The van der Waals surface area contributed by atoms with Crippen LogP contribution in [0.2, 0.25) is 0 Å². The maximum atomic E-state index is 9.03. The van der Waals surface area contributed by atoms with Gasteiger partial charge < -0.3 is 5.11 Å². The molecule has 0 aromatic rings. The van der Waals surface area contributed by atoms with Crippen LogP contribution in [0.25, 0.3) is 0 Å². The molecule has 0 radical (unpaired) electrons. The molecule has 0 aromatic carbocycles. The summed E-state index contributed by atoms with van der Waals surface area (Å²) in [4.78, 5) is 2.49. The van der Waals surface area contributed by atoms with Gasteiger partial charge in [-0.2, -0.15) is 12.6 Å². The van der Waals surface area contributed by atoms with E-state index in [2.05, 4.69) is 17.5 Å². The molecule has 2 rings (SSSR count). The van der Waals surface area contributed by atoms with Gasteiger partial charge in [0.2, 0.25) is 0 Å². The zero-order chi connectivity index (χ0) is 10.0. The Bertz CT molecular complexity index is 190. The molecular weight excluding hydrogens is 194 g/mol. The van der Waals surface area contributed by atoms with Crippen LogP contribution >= 0.6 is 12.6 Å². The Morgan fingerprint density at radius 3 is 2.43 bits per heavy atom. The molecule has 0 bridgehead atoms. The highest BCUT2D eigenvalue weighted by Gasteiger charge is 2.43. The first-order chi connectivity index (χ1) is 6.79. The Balaban J connectivity index is 1.83. The molecule has 0 unspecified atom stereocenters. The quantitative estimate of drug-likeness (QED) is 0.657. The molecule has 2 nitrogen and oxygen atoms in total. The van der Waals surface area contributed by atoms with E-state index in [9.17, 15) is 0 Å². The van der Waals surface area contributed by atoms with Crippen molar-refractivity contribution in [2.75, 3.05) is 25.4 Å². The lowest BCUT2D eigenvalue weighted by Crippen LogP contribution is -2.45. The molecule has 2 aliphatic rings. The molecule has 2 saturated carbocycles. The topological polar surface area (TPSA) is 23.5 Å². The van der Waals surface area contributed by atoms with Gasteiger partial charge in [0.05, 0.1) is 6.61 Å². The van der Waals surface area contributed by atoms with Crippen LogP contribution in [0, 0.1) is 5.41 Å². The van der Waals surface area contributed by atoms with E-state index in [1.807, 2.05) is 0 Å². The van der Waals surface area contributed by atoms with Crippen molar-refractivity contribution in [3.05, 3.63) is 0 Å². The summed E-state index contributed by atoms with van der Waals surface area (Å²) in [7, 11) is 0. The van der Waals surface area contributed by atoms with Crippen LogP contribution in [0.4, 0.5) is 0 Å². The molecule has 0 aromatic heterocycles. The van der Waals surface area contributed by atoms with Gasteiger partial charge in [-0.3, -0.25) is 4.90 Å². The van der Waals surface area contributed by atoms with Gasteiger partial charge in [-0.05, 0) is 36.9 Å². The van der Waals surface area contributed by atoms with E-state index in [4.69, 9.17) is 5.11 Å².